The number of hydrogen-bond donors (Lipinski definition) is 0. The molecule has 0 bridgehead atoms. The maximum atomic E-state index is 2.40. The molecule has 0 spiro atoms. The van der Waals surface area contributed by atoms with Crippen molar-refractivity contribution in [2.75, 3.05) is 0 Å². The molecule has 2 rings (SSSR count). The van der Waals surface area contributed by atoms with E-state index in [0.717, 1.165) is 5.92 Å². The summed E-state index contributed by atoms with van der Waals surface area (Å²) in [4.78, 5) is 0. The first-order valence-corrected chi connectivity index (χ1v) is 8.59. The maximum Gasteiger partial charge on any atom is 0.357 e. The van der Waals surface area contributed by atoms with Crippen LogP contribution in [0.3, 0.4) is 0 Å². The summed E-state index contributed by atoms with van der Waals surface area (Å²) in [5, 5.41) is 0. The van der Waals surface area contributed by atoms with Gasteiger partial charge in [0.2, 0.25) is 0 Å². The third kappa shape index (κ3) is 4.13. The van der Waals surface area contributed by atoms with Gasteiger partial charge in [-0.2, -0.15) is 0 Å². The average molecular weight is 351 g/mol. The first kappa shape index (κ1) is 13.6. The number of hydrogen-bond acceptors (Lipinski definition) is 0. The highest BCUT2D eigenvalue weighted by atomic mass is 127. The molecule has 0 fully saturated rings. The Morgan fingerprint density at radius 2 is 1.61 bits per heavy atom. The van der Waals surface area contributed by atoms with E-state index in [9.17, 15) is 0 Å². The molecule has 2 aromatic rings. The summed E-state index contributed by atoms with van der Waals surface area (Å²) in [6.45, 7) is 6.73. The molecule has 0 radical (unpaired) electrons. The lowest BCUT2D eigenvalue weighted by atomic mass is 10.0. The standard InChI is InChI=1S/C17H20I/c1-13(2)10-15-7-5-9-17(12-15)18-16-8-4-6-14(3)11-16/h4-9,11-13H,10H2,1-3H3/q+1. The van der Waals surface area contributed by atoms with Crippen molar-refractivity contribution in [3.05, 3.63) is 66.8 Å². The van der Waals surface area contributed by atoms with Crippen LogP contribution in [0, 0.1) is 20.0 Å². The van der Waals surface area contributed by atoms with E-state index in [2.05, 4.69) is 69.3 Å². The Morgan fingerprint density at radius 3 is 2.28 bits per heavy atom. The van der Waals surface area contributed by atoms with Crippen LogP contribution in [0.1, 0.15) is 25.0 Å². The second-order valence-electron chi connectivity index (χ2n) is 5.12. The average Bonchev–Trinajstić information content (AvgIpc) is 2.28. The summed E-state index contributed by atoms with van der Waals surface area (Å²) in [5.74, 6) is 0.734. The van der Waals surface area contributed by atoms with E-state index < -0.39 is 0 Å². The highest BCUT2D eigenvalue weighted by Gasteiger charge is 2.15. The van der Waals surface area contributed by atoms with Gasteiger partial charge in [-0.25, -0.2) is 0 Å². The molecule has 0 saturated heterocycles. The zero-order chi connectivity index (χ0) is 13.0. The lowest BCUT2D eigenvalue weighted by Gasteiger charge is -2.03. The van der Waals surface area contributed by atoms with Gasteiger partial charge in [-0.3, -0.25) is 0 Å². The van der Waals surface area contributed by atoms with Gasteiger partial charge in [0.1, 0.15) is 0 Å². The van der Waals surface area contributed by atoms with Gasteiger partial charge in [0.25, 0.3) is 0 Å². The van der Waals surface area contributed by atoms with Crippen LogP contribution < -0.4 is 21.2 Å². The Labute approximate surface area is 121 Å². The number of rotatable bonds is 4. The molecule has 0 aliphatic rings. The highest BCUT2D eigenvalue weighted by Crippen LogP contribution is 2.06. The second kappa shape index (κ2) is 6.37. The van der Waals surface area contributed by atoms with Gasteiger partial charge in [0.05, 0.1) is 0 Å². The lowest BCUT2D eigenvalue weighted by Crippen LogP contribution is -3.61. The SMILES string of the molecule is Cc1cccc([I+]c2cccc(CC(C)C)c2)c1. The van der Waals surface area contributed by atoms with Crippen LogP contribution in [0.15, 0.2) is 48.5 Å². The fourth-order valence-corrected chi connectivity index (χ4v) is 4.68. The van der Waals surface area contributed by atoms with E-state index in [4.69, 9.17) is 0 Å². The Balaban J connectivity index is 2.14. The van der Waals surface area contributed by atoms with Crippen molar-refractivity contribution < 1.29 is 21.2 Å². The van der Waals surface area contributed by atoms with Gasteiger partial charge in [0, 0.05) is 0 Å². The molecule has 0 atom stereocenters. The highest BCUT2D eigenvalue weighted by molar-refractivity contribution is 5.16. The quantitative estimate of drug-likeness (QED) is 0.729. The van der Waals surface area contributed by atoms with Crippen molar-refractivity contribution in [3.8, 4) is 0 Å². The molecule has 94 valence electrons. The predicted octanol–water partition coefficient (Wildman–Crippen LogP) is 1.32. The zero-order valence-corrected chi connectivity index (χ0v) is 13.4. The molecule has 0 aliphatic heterocycles. The molecule has 0 amide bonds. The fourth-order valence-electron chi connectivity index (χ4n) is 1.98. The molecule has 0 aliphatic carbocycles. The van der Waals surface area contributed by atoms with Crippen LogP contribution in [0.4, 0.5) is 0 Å². The Hall–Kier alpha value is -0.830. The molecule has 0 nitrogen and oxygen atoms in total. The molecule has 0 saturated carbocycles. The van der Waals surface area contributed by atoms with Crippen LogP contribution in [-0.2, 0) is 6.42 Å². The molecule has 0 unspecified atom stereocenters. The van der Waals surface area contributed by atoms with Crippen molar-refractivity contribution in [1.82, 2.24) is 0 Å². The van der Waals surface area contributed by atoms with Crippen LogP contribution in [0.5, 0.6) is 0 Å². The Kier molecular flexibility index (Phi) is 4.81. The van der Waals surface area contributed by atoms with Crippen molar-refractivity contribution in [3.63, 3.8) is 0 Å². The minimum Gasteiger partial charge on any atom is -0.0625 e. The number of halogens is 1. The van der Waals surface area contributed by atoms with Gasteiger partial charge in [-0.15, -0.1) is 0 Å². The first-order valence-electron chi connectivity index (χ1n) is 6.44. The van der Waals surface area contributed by atoms with E-state index in [0.29, 0.717) is 0 Å². The Morgan fingerprint density at radius 1 is 0.944 bits per heavy atom. The smallest absolute Gasteiger partial charge is 0.0625 e. The topological polar surface area (TPSA) is 0 Å². The molecule has 0 heterocycles. The van der Waals surface area contributed by atoms with E-state index >= 15 is 0 Å². The van der Waals surface area contributed by atoms with Gasteiger partial charge >= 0.3 is 21.2 Å². The minimum atomic E-state index is -0.0308. The third-order valence-electron chi connectivity index (χ3n) is 2.73. The first-order chi connectivity index (χ1) is 8.63. The maximum absolute atomic E-state index is 2.40. The summed E-state index contributed by atoms with van der Waals surface area (Å²) < 4.78 is 3.04. The third-order valence-corrected chi connectivity index (χ3v) is 5.32. The normalized spacial score (nSPS) is 10.9. The predicted molar refractivity (Wildman–Crippen MR) is 73.6 cm³/mol. The summed E-state index contributed by atoms with van der Waals surface area (Å²) in [5.41, 5.74) is 2.85. The lowest BCUT2D eigenvalue weighted by molar-refractivity contribution is -0.597. The summed E-state index contributed by atoms with van der Waals surface area (Å²) in [6, 6.07) is 18.1. The molecular weight excluding hydrogens is 331 g/mol. The molecule has 18 heavy (non-hydrogen) atoms. The largest absolute Gasteiger partial charge is 0.357 e. The monoisotopic (exact) mass is 351 g/mol. The Bertz CT molecular complexity index is 515. The summed E-state index contributed by atoms with van der Waals surface area (Å²) in [6.07, 6.45) is 1.19. The summed E-state index contributed by atoms with van der Waals surface area (Å²) in [7, 11) is 0. The molecule has 0 N–H and O–H groups in total. The molecule has 2 aromatic carbocycles. The fraction of sp³-hybridized carbons (Fsp3) is 0.294. The van der Waals surface area contributed by atoms with Crippen molar-refractivity contribution >= 4 is 0 Å². The zero-order valence-electron chi connectivity index (χ0n) is 11.3. The molecule has 0 aromatic heterocycles. The van der Waals surface area contributed by atoms with E-state index in [1.807, 2.05) is 0 Å². The van der Waals surface area contributed by atoms with Crippen molar-refractivity contribution in [2.45, 2.75) is 27.2 Å². The van der Waals surface area contributed by atoms with E-state index in [1.54, 1.807) is 0 Å². The van der Waals surface area contributed by atoms with E-state index in [1.165, 1.54) is 24.7 Å². The van der Waals surface area contributed by atoms with Crippen molar-refractivity contribution in [1.29, 1.82) is 0 Å². The van der Waals surface area contributed by atoms with Gasteiger partial charge in [-0.05, 0) is 54.7 Å². The second-order valence-corrected chi connectivity index (χ2v) is 8.15. The molecular formula is C17H20I+. The van der Waals surface area contributed by atoms with Crippen LogP contribution in [0.2, 0.25) is 0 Å². The summed E-state index contributed by atoms with van der Waals surface area (Å²) >= 11 is -0.0308. The number of benzene rings is 2. The van der Waals surface area contributed by atoms with E-state index in [-0.39, 0.29) is 21.2 Å². The van der Waals surface area contributed by atoms with Crippen LogP contribution >= 0.6 is 0 Å². The van der Waals surface area contributed by atoms with Crippen LogP contribution in [-0.4, -0.2) is 0 Å². The minimum absolute atomic E-state index is 0.0308. The van der Waals surface area contributed by atoms with Gasteiger partial charge in [0.15, 0.2) is 7.14 Å². The van der Waals surface area contributed by atoms with Crippen LogP contribution in [0.25, 0.3) is 0 Å². The van der Waals surface area contributed by atoms with Gasteiger partial charge < -0.3 is 0 Å². The molecule has 1 heteroatoms. The van der Waals surface area contributed by atoms with Crippen molar-refractivity contribution in [2.24, 2.45) is 5.92 Å². The number of aryl methyl sites for hydroxylation is 1. The van der Waals surface area contributed by atoms with Gasteiger partial charge in [-0.1, -0.05) is 38.1 Å².